The van der Waals surface area contributed by atoms with Gasteiger partial charge in [-0.3, -0.25) is 0 Å². The smallest absolute Gasteiger partial charge is 0.0337 e. The Morgan fingerprint density at radius 2 is 1.76 bits per heavy atom. The molecule has 1 rings (SSSR count). The first-order chi connectivity index (χ1) is 11.6. The maximum atomic E-state index is 5.85. The molecular formula is C23H34N2. The van der Waals surface area contributed by atoms with E-state index in [4.69, 9.17) is 11.5 Å². The first-order valence-electron chi connectivity index (χ1n) is 8.95. The molecule has 0 saturated carbocycles. The minimum Gasteiger partial charge on any atom is -0.399 e. The van der Waals surface area contributed by atoms with Gasteiger partial charge in [-0.05, 0) is 68.7 Å². The zero-order valence-electron chi connectivity index (χ0n) is 16.5. The number of allylic oxidation sites excluding steroid dienone is 11. The Balaban J connectivity index is 2.79. The third-order valence-corrected chi connectivity index (χ3v) is 4.52. The van der Waals surface area contributed by atoms with E-state index in [0.717, 1.165) is 5.57 Å². The molecule has 1 aliphatic carbocycles. The van der Waals surface area contributed by atoms with Gasteiger partial charge in [0.05, 0.1) is 0 Å². The van der Waals surface area contributed by atoms with Crippen LogP contribution in [0.25, 0.3) is 0 Å². The van der Waals surface area contributed by atoms with Gasteiger partial charge in [0.15, 0.2) is 0 Å². The van der Waals surface area contributed by atoms with Crippen LogP contribution in [0.3, 0.4) is 0 Å². The molecule has 2 heteroatoms. The average molecular weight is 339 g/mol. The highest BCUT2D eigenvalue weighted by Crippen LogP contribution is 2.40. The molecule has 0 unspecified atom stereocenters. The summed E-state index contributed by atoms with van der Waals surface area (Å²) in [5.74, 6) is 0. The van der Waals surface area contributed by atoms with Crippen LogP contribution in [-0.4, -0.2) is 0 Å². The third-order valence-electron chi connectivity index (χ3n) is 4.52. The zero-order valence-corrected chi connectivity index (χ0v) is 16.5. The minimum atomic E-state index is 0.283. The van der Waals surface area contributed by atoms with E-state index in [2.05, 4.69) is 52.5 Å². The molecule has 0 amide bonds. The van der Waals surface area contributed by atoms with Gasteiger partial charge in [0.1, 0.15) is 0 Å². The van der Waals surface area contributed by atoms with Crippen LogP contribution in [0.1, 0.15) is 53.9 Å². The van der Waals surface area contributed by atoms with Gasteiger partial charge < -0.3 is 11.5 Å². The Morgan fingerprint density at radius 3 is 2.36 bits per heavy atom. The van der Waals surface area contributed by atoms with E-state index < -0.39 is 0 Å². The van der Waals surface area contributed by atoms with Crippen LogP contribution >= 0.6 is 0 Å². The Kier molecular flexibility index (Phi) is 7.76. The lowest BCUT2D eigenvalue weighted by Gasteiger charge is -2.32. The summed E-state index contributed by atoms with van der Waals surface area (Å²) in [7, 11) is 0. The van der Waals surface area contributed by atoms with Gasteiger partial charge in [-0.15, -0.1) is 0 Å². The Bertz CT molecular complexity index is 677. The highest BCUT2D eigenvalue weighted by Gasteiger charge is 2.26. The zero-order chi connectivity index (χ0) is 19.0. The highest BCUT2D eigenvalue weighted by atomic mass is 14.6. The van der Waals surface area contributed by atoms with E-state index in [1.165, 1.54) is 36.0 Å². The molecule has 0 radical (unpaired) electrons. The third kappa shape index (κ3) is 7.47. The van der Waals surface area contributed by atoms with E-state index >= 15 is 0 Å². The summed E-state index contributed by atoms with van der Waals surface area (Å²) in [5, 5.41) is 0. The molecule has 0 bridgehead atoms. The number of nitrogens with two attached hydrogens (primary N) is 2. The lowest BCUT2D eigenvalue weighted by atomic mass is 9.72. The molecule has 0 spiro atoms. The first kappa shape index (κ1) is 20.8. The molecule has 25 heavy (non-hydrogen) atoms. The Morgan fingerprint density at radius 1 is 1.08 bits per heavy atom. The molecule has 2 nitrogen and oxygen atoms in total. The second-order valence-corrected chi connectivity index (χ2v) is 7.64. The summed E-state index contributed by atoms with van der Waals surface area (Å²) in [6.07, 6.45) is 18.0. The van der Waals surface area contributed by atoms with Crippen LogP contribution < -0.4 is 11.5 Å². The molecule has 0 saturated heterocycles. The normalized spacial score (nSPS) is 20.0. The van der Waals surface area contributed by atoms with Crippen molar-refractivity contribution in [1.29, 1.82) is 0 Å². The van der Waals surface area contributed by atoms with Crippen LogP contribution in [0.5, 0.6) is 0 Å². The summed E-state index contributed by atoms with van der Waals surface area (Å²) < 4.78 is 0. The molecule has 0 heterocycles. The van der Waals surface area contributed by atoms with Crippen LogP contribution in [0.15, 0.2) is 82.8 Å². The van der Waals surface area contributed by atoms with Crippen LogP contribution in [0.4, 0.5) is 0 Å². The van der Waals surface area contributed by atoms with Crippen molar-refractivity contribution in [2.75, 3.05) is 0 Å². The minimum absolute atomic E-state index is 0.283. The molecular weight excluding hydrogens is 304 g/mol. The molecule has 0 aromatic heterocycles. The average Bonchev–Trinajstić information content (AvgIpc) is 2.44. The molecule has 0 aromatic carbocycles. The summed E-state index contributed by atoms with van der Waals surface area (Å²) in [6, 6.07) is 0. The maximum absolute atomic E-state index is 5.85. The van der Waals surface area contributed by atoms with Crippen LogP contribution in [0.2, 0.25) is 0 Å². The molecule has 0 aliphatic heterocycles. The van der Waals surface area contributed by atoms with E-state index in [0.29, 0.717) is 11.4 Å². The maximum Gasteiger partial charge on any atom is 0.0337 e. The van der Waals surface area contributed by atoms with Crippen molar-refractivity contribution in [3.05, 3.63) is 82.8 Å². The molecule has 4 N–H and O–H groups in total. The van der Waals surface area contributed by atoms with Crippen molar-refractivity contribution >= 4 is 0 Å². The van der Waals surface area contributed by atoms with Crippen molar-refractivity contribution in [2.24, 2.45) is 16.9 Å². The van der Waals surface area contributed by atoms with Gasteiger partial charge in [0, 0.05) is 11.4 Å². The fraction of sp³-hybridized carbons (Fsp3) is 0.391. The topological polar surface area (TPSA) is 52.0 Å². The van der Waals surface area contributed by atoms with E-state index in [1.807, 2.05) is 25.2 Å². The predicted octanol–water partition coefficient (Wildman–Crippen LogP) is 5.83. The summed E-state index contributed by atoms with van der Waals surface area (Å²) in [4.78, 5) is 0. The largest absolute Gasteiger partial charge is 0.399 e. The van der Waals surface area contributed by atoms with Gasteiger partial charge in [-0.25, -0.2) is 0 Å². The molecule has 0 fully saturated rings. The van der Waals surface area contributed by atoms with Crippen molar-refractivity contribution in [3.8, 4) is 0 Å². The second-order valence-electron chi connectivity index (χ2n) is 7.64. The quantitative estimate of drug-likeness (QED) is 0.598. The number of rotatable bonds is 6. The van der Waals surface area contributed by atoms with Crippen LogP contribution in [-0.2, 0) is 0 Å². The molecule has 0 aromatic rings. The van der Waals surface area contributed by atoms with Crippen LogP contribution in [0, 0.1) is 5.41 Å². The van der Waals surface area contributed by atoms with Crippen molar-refractivity contribution in [3.63, 3.8) is 0 Å². The van der Waals surface area contributed by atoms with Gasteiger partial charge >= 0.3 is 0 Å². The van der Waals surface area contributed by atoms with Crippen molar-refractivity contribution < 1.29 is 0 Å². The second kappa shape index (κ2) is 9.31. The molecule has 0 atom stereocenters. The number of hydrogen-bond acceptors (Lipinski definition) is 2. The highest BCUT2D eigenvalue weighted by molar-refractivity contribution is 5.37. The van der Waals surface area contributed by atoms with Crippen molar-refractivity contribution in [2.45, 2.75) is 53.9 Å². The SMILES string of the molecule is C=C(N)/C=C(N)/C=C(C)/C=C/C=C(C)/C=C/C1=C(C)CCCC1(C)C. The van der Waals surface area contributed by atoms with Gasteiger partial charge in [0.2, 0.25) is 0 Å². The summed E-state index contributed by atoms with van der Waals surface area (Å²) >= 11 is 0. The van der Waals surface area contributed by atoms with E-state index in [9.17, 15) is 0 Å². The lowest BCUT2D eigenvalue weighted by molar-refractivity contribution is 0.377. The van der Waals surface area contributed by atoms with Gasteiger partial charge in [-0.2, -0.15) is 0 Å². The van der Waals surface area contributed by atoms with Gasteiger partial charge in [0.25, 0.3) is 0 Å². The number of hydrogen-bond donors (Lipinski definition) is 2. The fourth-order valence-corrected chi connectivity index (χ4v) is 3.20. The fourth-order valence-electron chi connectivity index (χ4n) is 3.20. The van der Waals surface area contributed by atoms with Crippen molar-refractivity contribution in [1.82, 2.24) is 0 Å². The van der Waals surface area contributed by atoms with E-state index in [1.54, 1.807) is 6.08 Å². The summed E-state index contributed by atoms with van der Waals surface area (Å²) in [6.45, 7) is 14.7. The van der Waals surface area contributed by atoms with Gasteiger partial charge in [-0.1, -0.05) is 62.0 Å². The monoisotopic (exact) mass is 338 g/mol. The predicted molar refractivity (Wildman–Crippen MR) is 112 cm³/mol. The summed E-state index contributed by atoms with van der Waals surface area (Å²) in [5.41, 5.74) is 18.0. The Hall–Kier alpha value is -2.22. The van der Waals surface area contributed by atoms with E-state index in [-0.39, 0.29) is 5.41 Å². The first-order valence-corrected chi connectivity index (χ1v) is 8.95. The molecule has 1 aliphatic rings. The lowest BCUT2D eigenvalue weighted by Crippen LogP contribution is -2.19. The standard InChI is InChI=1S/C23H34N2/c1-17(9-7-10-18(2)15-21(25)16-20(4)24)12-13-22-19(3)11-8-14-23(22,5)6/h7,9-10,12-13,15-16H,4,8,11,14,24-25H2,1-3,5-6H3/b10-7+,13-12+,17-9+,18-15+,21-16-. The Labute approximate surface area is 154 Å². The molecule has 136 valence electrons.